The second-order valence-corrected chi connectivity index (χ2v) is 6.41. The van der Waals surface area contributed by atoms with Crippen molar-refractivity contribution in [1.82, 2.24) is 10.3 Å². The average molecular weight is 345 g/mol. The molecule has 2 aromatic rings. The molecule has 4 nitrogen and oxygen atoms in total. The van der Waals surface area contributed by atoms with E-state index in [2.05, 4.69) is 10.3 Å². The number of carbonyl (C=O) groups excluding carboxylic acids is 1. The number of aromatic nitrogens is 1. The van der Waals surface area contributed by atoms with Crippen LogP contribution < -0.4 is 5.32 Å². The minimum Gasteiger partial charge on any atom is -0.381 e. The maximum Gasteiger partial charge on any atom is 0.230 e. The summed E-state index contributed by atoms with van der Waals surface area (Å²) in [5.74, 6) is 0.0230. The fraction of sp³-hybridized carbons (Fsp3) is 0.368. The van der Waals surface area contributed by atoms with Crippen LogP contribution in [0.25, 0.3) is 0 Å². The Balaban J connectivity index is 1.74. The third-order valence-corrected chi connectivity index (χ3v) is 4.89. The number of pyridine rings is 1. The molecule has 5 heteroatoms. The Morgan fingerprint density at radius 2 is 1.92 bits per heavy atom. The van der Waals surface area contributed by atoms with Crippen molar-refractivity contribution >= 4 is 17.5 Å². The molecule has 0 radical (unpaired) electrons. The van der Waals surface area contributed by atoms with Gasteiger partial charge in [-0.1, -0.05) is 35.9 Å². The largest absolute Gasteiger partial charge is 0.381 e. The summed E-state index contributed by atoms with van der Waals surface area (Å²) in [6, 6.07) is 13.4. The highest BCUT2D eigenvalue weighted by molar-refractivity contribution is 6.31. The van der Waals surface area contributed by atoms with Gasteiger partial charge < -0.3 is 10.1 Å². The lowest BCUT2D eigenvalue weighted by Gasteiger charge is -2.36. The van der Waals surface area contributed by atoms with Crippen molar-refractivity contribution in [1.29, 1.82) is 0 Å². The van der Waals surface area contributed by atoms with Crippen molar-refractivity contribution in [3.05, 3.63) is 64.9 Å². The zero-order valence-corrected chi connectivity index (χ0v) is 14.3. The summed E-state index contributed by atoms with van der Waals surface area (Å²) in [6.07, 6.45) is 3.76. The number of amides is 1. The van der Waals surface area contributed by atoms with Crippen LogP contribution in [0.15, 0.2) is 48.7 Å². The predicted octanol–water partition coefficient (Wildman–Crippen LogP) is 3.14. The number of halogens is 1. The monoisotopic (exact) mass is 344 g/mol. The van der Waals surface area contributed by atoms with Crippen LogP contribution in [0.1, 0.15) is 24.1 Å². The summed E-state index contributed by atoms with van der Waals surface area (Å²) in [5, 5.41) is 3.71. The molecule has 0 atom stereocenters. The number of carbonyl (C=O) groups is 1. The normalized spacial score (nSPS) is 16.5. The first-order chi connectivity index (χ1) is 11.7. The second kappa shape index (κ2) is 7.77. The van der Waals surface area contributed by atoms with Crippen LogP contribution in [-0.4, -0.2) is 30.6 Å². The van der Waals surface area contributed by atoms with E-state index in [9.17, 15) is 4.79 Å². The van der Waals surface area contributed by atoms with Gasteiger partial charge >= 0.3 is 0 Å². The predicted molar refractivity (Wildman–Crippen MR) is 94.1 cm³/mol. The van der Waals surface area contributed by atoms with Crippen LogP contribution in [0.2, 0.25) is 5.02 Å². The highest BCUT2D eigenvalue weighted by Gasteiger charge is 2.42. The van der Waals surface area contributed by atoms with E-state index in [1.165, 1.54) is 0 Å². The standard InChI is InChI=1S/C19H21ClN2O2/c20-17-7-2-1-6-16(17)19(9-13-24-14-10-19)18(23)22-12-8-15-5-3-4-11-21-15/h1-7,11H,8-10,12-14H2,(H,22,23). The zero-order valence-electron chi connectivity index (χ0n) is 13.5. The smallest absolute Gasteiger partial charge is 0.230 e. The Hall–Kier alpha value is -1.91. The quantitative estimate of drug-likeness (QED) is 0.906. The number of hydrogen-bond donors (Lipinski definition) is 1. The third-order valence-electron chi connectivity index (χ3n) is 4.56. The van der Waals surface area contributed by atoms with E-state index in [0.29, 0.717) is 44.0 Å². The molecule has 126 valence electrons. The number of nitrogens with zero attached hydrogens (tertiary/aromatic N) is 1. The summed E-state index contributed by atoms with van der Waals surface area (Å²) in [6.45, 7) is 1.70. The van der Waals surface area contributed by atoms with E-state index < -0.39 is 5.41 Å². The number of hydrogen-bond acceptors (Lipinski definition) is 3. The molecule has 1 aliphatic heterocycles. The summed E-state index contributed by atoms with van der Waals surface area (Å²) < 4.78 is 5.48. The fourth-order valence-corrected chi connectivity index (χ4v) is 3.52. The molecule has 1 aromatic carbocycles. The van der Waals surface area contributed by atoms with Crippen molar-refractivity contribution in [3.63, 3.8) is 0 Å². The van der Waals surface area contributed by atoms with Gasteiger partial charge in [-0.05, 0) is 36.6 Å². The van der Waals surface area contributed by atoms with Crippen LogP contribution in [0, 0.1) is 0 Å². The van der Waals surface area contributed by atoms with Gasteiger partial charge in [-0.2, -0.15) is 0 Å². The van der Waals surface area contributed by atoms with E-state index in [1.807, 2.05) is 42.5 Å². The molecular weight excluding hydrogens is 324 g/mol. The van der Waals surface area contributed by atoms with Gasteiger partial charge in [0.2, 0.25) is 5.91 Å². The number of rotatable bonds is 5. The molecule has 1 aromatic heterocycles. The molecule has 0 bridgehead atoms. The summed E-state index contributed by atoms with van der Waals surface area (Å²) in [7, 11) is 0. The van der Waals surface area contributed by atoms with Gasteiger partial charge in [-0.3, -0.25) is 9.78 Å². The van der Waals surface area contributed by atoms with Crippen LogP contribution in [0.3, 0.4) is 0 Å². The minimum atomic E-state index is -0.610. The topological polar surface area (TPSA) is 51.2 Å². The van der Waals surface area contributed by atoms with Gasteiger partial charge in [0, 0.05) is 43.1 Å². The van der Waals surface area contributed by atoms with Crippen LogP contribution >= 0.6 is 11.6 Å². The Labute approximate surface area is 147 Å². The van der Waals surface area contributed by atoms with Crippen molar-refractivity contribution in [2.24, 2.45) is 0 Å². The molecule has 0 unspecified atom stereocenters. The average Bonchev–Trinajstić information content (AvgIpc) is 2.63. The molecule has 0 saturated carbocycles. The van der Waals surface area contributed by atoms with Crippen LogP contribution in [-0.2, 0) is 21.4 Å². The molecule has 1 aliphatic rings. The van der Waals surface area contributed by atoms with Crippen molar-refractivity contribution in [3.8, 4) is 0 Å². The van der Waals surface area contributed by atoms with E-state index in [1.54, 1.807) is 6.20 Å². The third kappa shape index (κ3) is 3.60. The second-order valence-electron chi connectivity index (χ2n) is 6.00. The maximum atomic E-state index is 13.0. The lowest BCUT2D eigenvalue weighted by atomic mass is 9.73. The van der Waals surface area contributed by atoms with Crippen LogP contribution in [0.4, 0.5) is 0 Å². The van der Waals surface area contributed by atoms with Gasteiger partial charge in [0.1, 0.15) is 0 Å². The van der Waals surface area contributed by atoms with E-state index in [0.717, 1.165) is 11.3 Å². The molecule has 1 fully saturated rings. The SMILES string of the molecule is O=C(NCCc1ccccn1)C1(c2ccccc2Cl)CCOCC1. The first-order valence-electron chi connectivity index (χ1n) is 8.23. The Bertz CT molecular complexity index is 685. The Morgan fingerprint density at radius 1 is 1.17 bits per heavy atom. The van der Waals surface area contributed by atoms with E-state index in [4.69, 9.17) is 16.3 Å². The molecule has 24 heavy (non-hydrogen) atoms. The summed E-state index contributed by atoms with van der Waals surface area (Å²) in [4.78, 5) is 17.3. The van der Waals surface area contributed by atoms with Gasteiger partial charge in [-0.15, -0.1) is 0 Å². The first kappa shape index (κ1) is 16.9. The number of nitrogens with one attached hydrogen (secondary N) is 1. The van der Waals surface area contributed by atoms with Crippen molar-refractivity contribution in [2.45, 2.75) is 24.7 Å². The zero-order chi connectivity index (χ0) is 16.8. The summed E-state index contributed by atoms with van der Waals surface area (Å²) in [5.41, 5.74) is 1.25. The molecule has 3 rings (SSSR count). The Kier molecular flexibility index (Phi) is 5.48. The Morgan fingerprint density at radius 3 is 2.62 bits per heavy atom. The number of benzene rings is 1. The van der Waals surface area contributed by atoms with Crippen molar-refractivity contribution < 1.29 is 9.53 Å². The fourth-order valence-electron chi connectivity index (χ4n) is 3.21. The molecule has 1 N–H and O–H groups in total. The lowest BCUT2D eigenvalue weighted by Crippen LogP contribution is -2.48. The summed E-state index contributed by atoms with van der Waals surface area (Å²) >= 11 is 6.39. The lowest BCUT2D eigenvalue weighted by molar-refractivity contribution is -0.130. The molecule has 1 saturated heterocycles. The highest BCUT2D eigenvalue weighted by Crippen LogP contribution is 2.38. The molecule has 1 amide bonds. The number of ether oxygens (including phenoxy) is 1. The first-order valence-corrected chi connectivity index (χ1v) is 8.61. The molecule has 0 spiro atoms. The van der Waals surface area contributed by atoms with Crippen molar-refractivity contribution in [2.75, 3.05) is 19.8 Å². The molecule has 2 heterocycles. The minimum absolute atomic E-state index is 0.0230. The van der Waals surface area contributed by atoms with Crippen LogP contribution in [0.5, 0.6) is 0 Å². The molecule has 0 aliphatic carbocycles. The van der Waals surface area contributed by atoms with E-state index >= 15 is 0 Å². The van der Waals surface area contributed by atoms with Gasteiger partial charge in [0.05, 0.1) is 5.41 Å². The van der Waals surface area contributed by atoms with Gasteiger partial charge in [0.15, 0.2) is 0 Å². The maximum absolute atomic E-state index is 13.0. The van der Waals surface area contributed by atoms with E-state index in [-0.39, 0.29) is 5.91 Å². The van der Waals surface area contributed by atoms with Gasteiger partial charge in [-0.25, -0.2) is 0 Å². The molecular formula is C19H21ClN2O2. The van der Waals surface area contributed by atoms with Gasteiger partial charge in [0.25, 0.3) is 0 Å². The highest BCUT2D eigenvalue weighted by atomic mass is 35.5.